The van der Waals surface area contributed by atoms with Gasteiger partial charge in [0.15, 0.2) is 0 Å². The monoisotopic (exact) mass is 334 g/mol. The Bertz CT molecular complexity index is 493. The van der Waals surface area contributed by atoms with Crippen molar-refractivity contribution in [3.05, 3.63) is 35.9 Å². The van der Waals surface area contributed by atoms with Gasteiger partial charge < -0.3 is 14.3 Å². The lowest BCUT2D eigenvalue weighted by Crippen LogP contribution is -2.45. The van der Waals surface area contributed by atoms with Gasteiger partial charge in [-0.15, -0.1) is 0 Å². The van der Waals surface area contributed by atoms with E-state index in [1.807, 2.05) is 37.3 Å². The van der Waals surface area contributed by atoms with Crippen LogP contribution in [0.4, 0.5) is 0 Å². The first-order valence-electron chi connectivity index (χ1n) is 8.86. The third-order valence-corrected chi connectivity index (χ3v) is 4.28. The highest BCUT2D eigenvalue weighted by molar-refractivity contribution is 5.72. The summed E-state index contributed by atoms with van der Waals surface area (Å²) in [5.74, 6) is 1.10. The number of rotatable bonds is 8. The van der Waals surface area contributed by atoms with E-state index >= 15 is 0 Å². The maximum absolute atomic E-state index is 5.97. The lowest BCUT2D eigenvalue weighted by atomic mass is 9.95. The highest BCUT2D eigenvalue weighted by Crippen LogP contribution is 2.20. The van der Waals surface area contributed by atoms with E-state index in [-0.39, 0.29) is 12.9 Å². The predicted molar refractivity (Wildman–Crippen MR) is 95.7 cm³/mol. The third-order valence-electron chi connectivity index (χ3n) is 4.28. The van der Waals surface area contributed by atoms with E-state index in [4.69, 9.17) is 14.3 Å². The molecule has 2 rings (SSSR count). The van der Waals surface area contributed by atoms with Crippen molar-refractivity contribution in [2.24, 2.45) is 11.1 Å². The SMILES string of the molecule is CCCN1CCC(C)C(OC(C)=NOCOCc2ccccc2)C1. The summed E-state index contributed by atoms with van der Waals surface area (Å²) in [6.07, 6.45) is 2.53. The Morgan fingerprint density at radius 3 is 2.83 bits per heavy atom. The van der Waals surface area contributed by atoms with Crippen LogP contribution in [0.25, 0.3) is 0 Å². The van der Waals surface area contributed by atoms with Crippen LogP contribution in [0.2, 0.25) is 0 Å². The maximum atomic E-state index is 5.97. The maximum Gasteiger partial charge on any atom is 0.222 e. The minimum Gasteiger partial charge on any atom is -0.474 e. The topological polar surface area (TPSA) is 43.3 Å². The first-order valence-corrected chi connectivity index (χ1v) is 8.86. The second-order valence-corrected chi connectivity index (χ2v) is 6.41. The number of nitrogens with zero attached hydrogens (tertiary/aromatic N) is 2. The van der Waals surface area contributed by atoms with Crippen LogP contribution >= 0.6 is 0 Å². The highest BCUT2D eigenvalue weighted by atomic mass is 16.7. The Hall–Kier alpha value is -1.59. The molecule has 0 saturated carbocycles. The van der Waals surface area contributed by atoms with Crippen LogP contribution in [-0.4, -0.2) is 43.3 Å². The van der Waals surface area contributed by atoms with Crippen molar-refractivity contribution in [1.29, 1.82) is 0 Å². The molecule has 0 aliphatic carbocycles. The molecule has 1 aromatic carbocycles. The van der Waals surface area contributed by atoms with Gasteiger partial charge in [0.1, 0.15) is 6.10 Å². The number of piperidine rings is 1. The van der Waals surface area contributed by atoms with Crippen molar-refractivity contribution in [3.8, 4) is 0 Å². The number of hydrogen-bond donors (Lipinski definition) is 0. The summed E-state index contributed by atoms with van der Waals surface area (Å²) in [4.78, 5) is 7.66. The fraction of sp³-hybridized carbons (Fsp3) is 0.632. The van der Waals surface area contributed by atoms with Gasteiger partial charge in [-0.05, 0) is 37.4 Å². The molecule has 1 aromatic rings. The van der Waals surface area contributed by atoms with E-state index in [0.717, 1.165) is 25.2 Å². The zero-order valence-electron chi connectivity index (χ0n) is 15.1. The Morgan fingerprint density at radius 1 is 1.29 bits per heavy atom. The van der Waals surface area contributed by atoms with E-state index in [1.165, 1.54) is 12.8 Å². The number of benzene rings is 1. The minimum absolute atomic E-state index is 0.123. The molecule has 5 heteroatoms. The zero-order valence-corrected chi connectivity index (χ0v) is 15.1. The largest absolute Gasteiger partial charge is 0.474 e. The van der Waals surface area contributed by atoms with Crippen molar-refractivity contribution < 1.29 is 14.3 Å². The van der Waals surface area contributed by atoms with Crippen molar-refractivity contribution in [2.45, 2.75) is 46.3 Å². The standard InChI is InChI=1S/C19H30N2O3/c1-4-11-21-12-10-16(2)19(13-21)24-17(3)20-23-15-22-14-18-8-6-5-7-9-18/h5-9,16,19H,4,10-15H2,1-3H3. The Balaban J connectivity index is 1.67. The predicted octanol–water partition coefficient (Wildman–Crippen LogP) is 3.65. The lowest BCUT2D eigenvalue weighted by molar-refractivity contribution is -0.0643. The quantitative estimate of drug-likeness (QED) is 0.239. The van der Waals surface area contributed by atoms with E-state index in [9.17, 15) is 0 Å². The second-order valence-electron chi connectivity index (χ2n) is 6.41. The van der Waals surface area contributed by atoms with Crippen molar-refractivity contribution in [2.75, 3.05) is 26.4 Å². The molecule has 0 N–H and O–H groups in total. The number of ether oxygens (including phenoxy) is 2. The fourth-order valence-corrected chi connectivity index (χ4v) is 2.90. The zero-order chi connectivity index (χ0) is 17.2. The summed E-state index contributed by atoms with van der Waals surface area (Å²) >= 11 is 0. The van der Waals surface area contributed by atoms with Gasteiger partial charge in [-0.25, -0.2) is 0 Å². The molecule has 1 heterocycles. The number of oxime groups is 1. The molecule has 5 nitrogen and oxygen atoms in total. The minimum atomic E-state index is 0.123. The first kappa shape index (κ1) is 18.7. The molecular weight excluding hydrogens is 304 g/mol. The van der Waals surface area contributed by atoms with Gasteiger partial charge in [0.25, 0.3) is 0 Å². The molecule has 0 amide bonds. The van der Waals surface area contributed by atoms with Gasteiger partial charge >= 0.3 is 0 Å². The molecule has 24 heavy (non-hydrogen) atoms. The smallest absolute Gasteiger partial charge is 0.222 e. The van der Waals surface area contributed by atoms with E-state index in [2.05, 4.69) is 23.9 Å². The first-order chi connectivity index (χ1) is 11.7. The van der Waals surface area contributed by atoms with Crippen LogP contribution in [0, 0.1) is 5.92 Å². The van der Waals surface area contributed by atoms with Crippen LogP contribution in [-0.2, 0) is 20.9 Å². The summed E-state index contributed by atoms with van der Waals surface area (Å²) in [6, 6.07) is 10.00. The van der Waals surface area contributed by atoms with Crippen LogP contribution in [0.5, 0.6) is 0 Å². The molecule has 0 spiro atoms. The average molecular weight is 334 g/mol. The highest BCUT2D eigenvalue weighted by Gasteiger charge is 2.27. The van der Waals surface area contributed by atoms with Crippen molar-refractivity contribution >= 4 is 5.90 Å². The van der Waals surface area contributed by atoms with E-state index in [0.29, 0.717) is 18.4 Å². The summed E-state index contributed by atoms with van der Waals surface area (Å²) < 4.78 is 11.4. The molecule has 0 radical (unpaired) electrons. The van der Waals surface area contributed by atoms with Gasteiger partial charge in [-0.3, -0.25) is 4.90 Å². The van der Waals surface area contributed by atoms with Gasteiger partial charge in [-0.2, -0.15) is 0 Å². The van der Waals surface area contributed by atoms with E-state index in [1.54, 1.807) is 0 Å². The fourth-order valence-electron chi connectivity index (χ4n) is 2.90. The number of hydrogen-bond acceptors (Lipinski definition) is 5. The molecule has 1 aliphatic rings. The molecule has 1 aliphatic heterocycles. The normalized spacial score (nSPS) is 22.4. The van der Waals surface area contributed by atoms with Gasteiger partial charge in [0.2, 0.25) is 12.7 Å². The second kappa shape index (κ2) is 10.3. The average Bonchev–Trinajstić information content (AvgIpc) is 2.59. The van der Waals surface area contributed by atoms with E-state index < -0.39 is 0 Å². The van der Waals surface area contributed by atoms with Gasteiger partial charge in [0.05, 0.1) is 6.61 Å². The summed E-state index contributed by atoms with van der Waals surface area (Å²) in [5, 5.41) is 4.01. The third kappa shape index (κ3) is 6.49. The molecule has 2 atom stereocenters. The molecule has 1 saturated heterocycles. The summed E-state index contributed by atoms with van der Waals surface area (Å²) in [7, 11) is 0. The lowest BCUT2D eigenvalue weighted by Gasteiger charge is -2.36. The molecule has 1 fully saturated rings. The Labute approximate surface area is 145 Å². The van der Waals surface area contributed by atoms with Gasteiger partial charge in [-0.1, -0.05) is 49.3 Å². The number of likely N-dealkylation sites (tertiary alicyclic amines) is 1. The summed E-state index contributed by atoms with van der Waals surface area (Å²) in [5.41, 5.74) is 1.12. The Kier molecular flexibility index (Phi) is 8.05. The summed E-state index contributed by atoms with van der Waals surface area (Å²) in [6.45, 7) is 10.2. The molecular formula is C19H30N2O3. The van der Waals surface area contributed by atoms with Crippen LogP contribution in [0.1, 0.15) is 39.2 Å². The molecule has 134 valence electrons. The molecule has 2 unspecified atom stereocenters. The van der Waals surface area contributed by atoms with Crippen LogP contribution in [0.3, 0.4) is 0 Å². The van der Waals surface area contributed by atoms with Gasteiger partial charge in [0, 0.05) is 13.5 Å². The van der Waals surface area contributed by atoms with Crippen molar-refractivity contribution in [1.82, 2.24) is 4.90 Å². The molecule has 0 bridgehead atoms. The molecule has 0 aromatic heterocycles. The van der Waals surface area contributed by atoms with Crippen LogP contribution < -0.4 is 0 Å². The van der Waals surface area contributed by atoms with Crippen LogP contribution in [0.15, 0.2) is 35.5 Å². The van der Waals surface area contributed by atoms with Crippen molar-refractivity contribution in [3.63, 3.8) is 0 Å². The Morgan fingerprint density at radius 2 is 2.08 bits per heavy atom.